The van der Waals surface area contributed by atoms with Crippen LogP contribution in [0.15, 0.2) is 24.3 Å². The quantitative estimate of drug-likeness (QED) is 0.691. The molecule has 1 aromatic carbocycles. The average Bonchev–Trinajstić information content (AvgIpc) is 2.08. The molecule has 1 aromatic rings. The van der Waals surface area contributed by atoms with E-state index in [2.05, 4.69) is 0 Å². The molecular weight excluding hydrogens is 166 g/mol. The van der Waals surface area contributed by atoms with Crippen molar-refractivity contribution in [3.63, 3.8) is 0 Å². The summed E-state index contributed by atoms with van der Waals surface area (Å²) in [4.78, 5) is 10.5. The van der Waals surface area contributed by atoms with Gasteiger partial charge in [0.1, 0.15) is 0 Å². The molecule has 0 bridgehead atoms. The summed E-state index contributed by atoms with van der Waals surface area (Å²) in [6.45, 7) is 1.69. The molecule has 3 N–H and O–H groups in total. The predicted octanol–water partition coefficient (Wildman–Crippen LogP) is 1.53. The Morgan fingerprint density at radius 3 is 2.46 bits per heavy atom. The molecule has 1 rings (SSSR count). The van der Waals surface area contributed by atoms with Gasteiger partial charge in [-0.25, -0.2) is 0 Å². The lowest BCUT2D eigenvalue weighted by Gasteiger charge is -2.05. The number of carboxylic acid groups (broad SMARTS) is 1. The smallest absolute Gasteiger partial charge is 0.306 e. The minimum absolute atomic E-state index is 0.344. The zero-order valence-corrected chi connectivity index (χ0v) is 7.53. The summed E-state index contributed by atoms with van der Waals surface area (Å²) in [5, 5.41) is 8.67. The van der Waals surface area contributed by atoms with Crippen LogP contribution < -0.4 is 5.73 Å². The second-order valence-corrected chi connectivity index (χ2v) is 3.18. The lowest BCUT2D eigenvalue weighted by Crippen LogP contribution is -2.12. The molecule has 70 valence electrons. The molecule has 1 atom stereocenters. The van der Waals surface area contributed by atoms with Crippen molar-refractivity contribution in [2.45, 2.75) is 13.3 Å². The molecule has 13 heavy (non-hydrogen) atoms. The minimum Gasteiger partial charge on any atom is -0.481 e. The van der Waals surface area contributed by atoms with Crippen LogP contribution in [0, 0.1) is 5.92 Å². The number of carbonyl (C=O) groups is 1. The molecule has 0 radical (unpaired) electrons. The highest BCUT2D eigenvalue weighted by molar-refractivity contribution is 5.69. The topological polar surface area (TPSA) is 63.3 Å². The second kappa shape index (κ2) is 3.94. The first kappa shape index (κ1) is 9.58. The Labute approximate surface area is 77.2 Å². The third kappa shape index (κ3) is 2.78. The highest BCUT2D eigenvalue weighted by Crippen LogP contribution is 2.10. The SMILES string of the molecule is C[C@H](Cc1ccc(N)cc1)C(=O)O. The maximum atomic E-state index is 10.5. The molecule has 0 aliphatic rings. The summed E-state index contributed by atoms with van der Waals surface area (Å²) in [6.07, 6.45) is 0.551. The van der Waals surface area contributed by atoms with Gasteiger partial charge in [-0.05, 0) is 24.1 Å². The number of hydrogen-bond donors (Lipinski definition) is 2. The number of carboxylic acids is 1. The van der Waals surface area contributed by atoms with Crippen molar-refractivity contribution in [3.8, 4) is 0 Å². The van der Waals surface area contributed by atoms with E-state index in [-0.39, 0.29) is 5.92 Å². The third-order valence-electron chi connectivity index (χ3n) is 1.94. The molecule has 0 saturated heterocycles. The predicted molar refractivity (Wildman–Crippen MR) is 51.4 cm³/mol. The van der Waals surface area contributed by atoms with Gasteiger partial charge in [-0.15, -0.1) is 0 Å². The van der Waals surface area contributed by atoms with Crippen LogP contribution in [0.4, 0.5) is 5.69 Å². The van der Waals surface area contributed by atoms with E-state index in [9.17, 15) is 4.79 Å². The summed E-state index contributed by atoms with van der Waals surface area (Å²) >= 11 is 0. The van der Waals surface area contributed by atoms with E-state index in [4.69, 9.17) is 10.8 Å². The van der Waals surface area contributed by atoms with E-state index in [1.165, 1.54) is 0 Å². The van der Waals surface area contributed by atoms with Crippen molar-refractivity contribution < 1.29 is 9.90 Å². The zero-order chi connectivity index (χ0) is 9.84. The van der Waals surface area contributed by atoms with Gasteiger partial charge in [0, 0.05) is 5.69 Å². The number of benzene rings is 1. The third-order valence-corrected chi connectivity index (χ3v) is 1.94. The van der Waals surface area contributed by atoms with E-state index < -0.39 is 5.97 Å². The number of rotatable bonds is 3. The Bertz CT molecular complexity index is 292. The molecule has 0 aromatic heterocycles. The number of nitrogens with two attached hydrogens (primary N) is 1. The van der Waals surface area contributed by atoms with Crippen molar-refractivity contribution in [3.05, 3.63) is 29.8 Å². The number of aliphatic carboxylic acids is 1. The molecule has 0 heterocycles. The van der Waals surface area contributed by atoms with Crippen LogP contribution in [-0.2, 0) is 11.2 Å². The molecule has 0 fully saturated rings. The van der Waals surface area contributed by atoms with E-state index in [1.807, 2.05) is 12.1 Å². The first-order valence-corrected chi connectivity index (χ1v) is 4.17. The van der Waals surface area contributed by atoms with E-state index in [1.54, 1.807) is 19.1 Å². The lowest BCUT2D eigenvalue weighted by atomic mass is 10.0. The molecule has 0 spiro atoms. The normalized spacial score (nSPS) is 12.4. The van der Waals surface area contributed by atoms with Crippen LogP contribution in [0.1, 0.15) is 12.5 Å². The van der Waals surface area contributed by atoms with Crippen molar-refractivity contribution in [1.82, 2.24) is 0 Å². The highest BCUT2D eigenvalue weighted by Gasteiger charge is 2.10. The van der Waals surface area contributed by atoms with Crippen molar-refractivity contribution in [2.75, 3.05) is 5.73 Å². The molecule has 3 heteroatoms. The molecule has 0 saturated carbocycles. The van der Waals surface area contributed by atoms with Crippen LogP contribution in [0.25, 0.3) is 0 Å². The van der Waals surface area contributed by atoms with Crippen molar-refractivity contribution in [1.29, 1.82) is 0 Å². The number of nitrogen functional groups attached to an aromatic ring is 1. The maximum absolute atomic E-state index is 10.5. The van der Waals surface area contributed by atoms with E-state index in [0.717, 1.165) is 5.56 Å². The van der Waals surface area contributed by atoms with E-state index in [0.29, 0.717) is 12.1 Å². The lowest BCUT2D eigenvalue weighted by molar-refractivity contribution is -0.141. The molecular formula is C10H13NO2. The van der Waals surface area contributed by atoms with Crippen LogP contribution in [0.5, 0.6) is 0 Å². The number of anilines is 1. The first-order chi connectivity index (χ1) is 6.09. The summed E-state index contributed by atoms with van der Waals surface area (Å²) in [6, 6.07) is 7.28. The second-order valence-electron chi connectivity index (χ2n) is 3.18. The van der Waals surface area contributed by atoms with Crippen LogP contribution in [0.3, 0.4) is 0 Å². The highest BCUT2D eigenvalue weighted by atomic mass is 16.4. The van der Waals surface area contributed by atoms with Gasteiger partial charge in [0.25, 0.3) is 0 Å². The molecule has 0 unspecified atom stereocenters. The van der Waals surface area contributed by atoms with Gasteiger partial charge in [-0.3, -0.25) is 4.79 Å². The Morgan fingerprint density at radius 1 is 1.46 bits per heavy atom. The molecule has 0 aliphatic heterocycles. The van der Waals surface area contributed by atoms with Crippen molar-refractivity contribution in [2.24, 2.45) is 5.92 Å². The Balaban J connectivity index is 2.64. The van der Waals surface area contributed by atoms with Crippen LogP contribution in [-0.4, -0.2) is 11.1 Å². The first-order valence-electron chi connectivity index (χ1n) is 4.17. The summed E-state index contributed by atoms with van der Waals surface area (Å²) < 4.78 is 0. The Hall–Kier alpha value is -1.51. The summed E-state index contributed by atoms with van der Waals surface area (Å²) in [5.41, 5.74) is 7.21. The monoisotopic (exact) mass is 179 g/mol. The average molecular weight is 179 g/mol. The Kier molecular flexibility index (Phi) is 2.90. The van der Waals surface area contributed by atoms with Crippen LogP contribution in [0.2, 0.25) is 0 Å². The van der Waals surface area contributed by atoms with Crippen molar-refractivity contribution >= 4 is 11.7 Å². The largest absolute Gasteiger partial charge is 0.481 e. The van der Waals surface area contributed by atoms with E-state index >= 15 is 0 Å². The van der Waals surface area contributed by atoms with Gasteiger partial charge in [-0.2, -0.15) is 0 Å². The summed E-state index contributed by atoms with van der Waals surface area (Å²) in [7, 11) is 0. The molecule has 0 aliphatic carbocycles. The van der Waals surface area contributed by atoms with Gasteiger partial charge in [0.2, 0.25) is 0 Å². The van der Waals surface area contributed by atoms with Gasteiger partial charge >= 0.3 is 5.97 Å². The number of hydrogen-bond acceptors (Lipinski definition) is 2. The fourth-order valence-corrected chi connectivity index (χ4v) is 1.09. The zero-order valence-electron chi connectivity index (χ0n) is 7.53. The fraction of sp³-hybridized carbons (Fsp3) is 0.300. The Morgan fingerprint density at radius 2 is 2.00 bits per heavy atom. The van der Waals surface area contributed by atoms with Gasteiger partial charge < -0.3 is 10.8 Å². The molecule has 0 amide bonds. The maximum Gasteiger partial charge on any atom is 0.306 e. The summed E-state index contributed by atoms with van der Waals surface area (Å²) in [5.74, 6) is -1.11. The standard InChI is InChI=1S/C10H13NO2/c1-7(10(12)13)6-8-2-4-9(11)5-3-8/h2-5,7H,6,11H2,1H3,(H,12,13)/t7-/m1/s1. The van der Waals surface area contributed by atoms with Gasteiger partial charge in [-0.1, -0.05) is 19.1 Å². The van der Waals surface area contributed by atoms with Crippen LogP contribution >= 0.6 is 0 Å². The molecule has 3 nitrogen and oxygen atoms in total. The van der Waals surface area contributed by atoms with Gasteiger partial charge in [0.15, 0.2) is 0 Å². The van der Waals surface area contributed by atoms with Gasteiger partial charge in [0.05, 0.1) is 5.92 Å². The minimum atomic E-state index is -0.767. The fourth-order valence-electron chi connectivity index (χ4n) is 1.09.